The van der Waals surface area contributed by atoms with Crippen LogP contribution < -0.4 is 0 Å². The fourth-order valence-electron chi connectivity index (χ4n) is 2.33. The first kappa shape index (κ1) is 10.8. The maximum atomic E-state index is 9.55. The number of aliphatic hydroxyl groups is 1. The van der Waals surface area contributed by atoms with Crippen molar-refractivity contribution in [1.82, 2.24) is 0 Å². The van der Waals surface area contributed by atoms with E-state index in [0.717, 1.165) is 20.8 Å². The minimum Gasteiger partial charge on any atom is -0.392 e. The summed E-state index contributed by atoms with van der Waals surface area (Å²) in [6, 6.07) is 16.4. The number of hydrogen-bond donors (Lipinski definition) is 1. The molecule has 0 aromatic heterocycles. The van der Waals surface area contributed by atoms with Crippen LogP contribution in [0.15, 0.2) is 53.0 Å². The molecule has 84 valence electrons. The molecule has 3 aromatic rings. The van der Waals surface area contributed by atoms with E-state index in [2.05, 4.69) is 40.2 Å². The summed E-state index contributed by atoms with van der Waals surface area (Å²) in [6.07, 6.45) is 0. The maximum Gasteiger partial charge on any atom is 0.0699 e. The highest BCUT2D eigenvalue weighted by molar-refractivity contribution is 9.10. The van der Waals surface area contributed by atoms with Crippen LogP contribution in [0.3, 0.4) is 0 Å². The van der Waals surface area contributed by atoms with Gasteiger partial charge in [-0.15, -0.1) is 0 Å². The highest BCUT2D eigenvalue weighted by Gasteiger charge is 2.10. The summed E-state index contributed by atoms with van der Waals surface area (Å²) in [5.74, 6) is 0. The van der Waals surface area contributed by atoms with Gasteiger partial charge in [0.1, 0.15) is 0 Å². The average Bonchev–Trinajstić information content (AvgIpc) is 2.40. The Morgan fingerprint density at radius 3 is 1.82 bits per heavy atom. The lowest BCUT2D eigenvalue weighted by Gasteiger charge is -2.11. The number of rotatable bonds is 1. The van der Waals surface area contributed by atoms with Crippen molar-refractivity contribution < 1.29 is 5.11 Å². The van der Waals surface area contributed by atoms with E-state index in [0.29, 0.717) is 0 Å². The van der Waals surface area contributed by atoms with Gasteiger partial charge >= 0.3 is 0 Å². The molecule has 0 amide bonds. The first-order valence-electron chi connectivity index (χ1n) is 5.51. The van der Waals surface area contributed by atoms with Crippen LogP contribution in [0.25, 0.3) is 21.5 Å². The van der Waals surface area contributed by atoms with Gasteiger partial charge in [0, 0.05) is 10.0 Å². The first-order valence-corrected chi connectivity index (χ1v) is 6.31. The Morgan fingerprint density at radius 1 is 0.765 bits per heavy atom. The summed E-state index contributed by atoms with van der Waals surface area (Å²) in [6.45, 7) is 0.0476. The van der Waals surface area contributed by atoms with E-state index >= 15 is 0 Å². The predicted molar refractivity (Wildman–Crippen MR) is 75.1 cm³/mol. The lowest BCUT2D eigenvalue weighted by molar-refractivity contribution is 0.283. The molecule has 2 heteroatoms. The van der Waals surface area contributed by atoms with E-state index < -0.39 is 0 Å². The van der Waals surface area contributed by atoms with Gasteiger partial charge < -0.3 is 5.11 Å². The van der Waals surface area contributed by atoms with Crippen LogP contribution in [0.4, 0.5) is 0 Å². The molecule has 0 aliphatic rings. The molecule has 17 heavy (non-hydrogen) atoms. The third-order valence-corrected chi connectivity index (χ3v) is 4.03. The fraction of sp³-hybridized carbons (Fsp3) is 0.0667. The standard InChI is InChI=1S/C15H11BrO/c16-15-13-8-4-3-6-11(13)10-5-1-2-7-12(10)14(15)9-17/h1-8,17H,9H2. The van der Waals surface area contributed by atoms with Crippen LogP contribution in [-0.4, -0.2) is 5.11 Å². The molecule has 1 nitrogen and oxygen atoms in total. The van der Waals surface area contributed by atoms with Gasteiger partial charge in [0.25, 0.3) is 0 Å². The summed E-state index contributed by atoms with van der Waals surface area (Å²) in [7, 11) is 0. The maximum absolute atomic E-state index is 9.55. The molecular weight excluding hydrogens is 276 g/mol. The first-order chi connectivity index (χ1) is 8.33. The van der Waals surface area contributed by atoms with E-state index in [1.54, 1.807) is 0 Å². The molecule has 0 aliphatic carbocycles. The van der Waals surface area contributed by atoms with Gasteiger partial charge in [-0.25, -0.2) is 0 Å². The minimum atomic E-state index is 0.0476. The Morgan fingerprint density at radius 2 is 1.24 bits per heavy atom. The molecule has 0 saturated carbocycles. The Labute approximate surface area is 108 Å². The molecule has 0 bridgehead atoms. The second kappa shape index (κ2) is 4.13. The van der Waals surface area contributed by atoms with Crippen LogP contribution >= 0.6 is 15.9 Å². The topological polar surface area (TPSA) is 20.2 Å². The molecule has 0 heterocycles. The van der Waals surface area contributed by atoms with Crippen molar-refractivity contribution in [1.29, 1.82) is 0 Å². The Balaban J connectivity index is 2.64. The van der Waals surface area contributed by atoms with Crippen molar-refractivity contribution >= 4 is 37.5 Å². The van der Waals surface area contributed by atoms with Gasteiger partial charge in [0.15, 0.2) is 0 Å². The lowest BCUT2D eigenvalue weighted by atomic mass is 9.97. The average molecular weight is 287 g/mol. The zero-order valence-corrected chi connectivity index (χ0v) is 10.7. The van der Waals surface area contributed by atoms with E-state index in [1.165, 1.54) is 10.8 Å². The monoisotopic (exact) mass is 286 g/mol. The molecule has 0 spiro atoms. The number of halogens is 1. The number of fused-ring (bicyclic) bond motifs is 3. The molecular formula is C15H11BrO. The van der Waals surface area contributed by atoms with E-state index in [1.807, 2.05) is 24.3 Å². The highest BCUT2D eigenvalue weighted by atomic mass is 79.9. The van der Waals surface area contributed by atoms with Crippen molar-refractivity contribution in [2.45, 2.75) is 6.61 Å². The van der Waals surface area contributed by atoms with Crippen molar-refractivity contribution in [2.24, 2.45) is 0 Å². The summed E-state index contributed by atoms with van der Waals surface area (Å²) >= 11 is 3.60. The molecule has 3 aromatic carbocycles. The summed E-state index contributed by atoms with van der Waals surface area (Å²) in [5.41, 5.74) is 0.958. The van der Waals surface area contributed by atoms with Crippen LogP contribution in [0, 0.1) is 0 Å². The van der Waals surface area contributed by atoms with E-state index in [9.17, 15) is 5.11 Å². The van der Waals surface area contributed by atoms with Crippen LogP contribution in [0.1, 0.15) is 5.56 Å². The van der Waals surface area contributed by atoms with Crippen LogP contribution in [0.2, 0.25) is 0 Å². The van der Waals surface area contributed by atoms with Crippen molar-refractivity contribution in [3.05, 3.63) is 58.6 Å². The third kappa shape index (κ3) is 1.56. The quantitative estimate of drug-likeness (QED) is 0.663. The number of benzene rings is 3. The second-order valence-electron chi connectivity index (χ2n) is 4.04. The molecule has 0 atom stereocenters. The Hall–Kier alpha value is -1.38. The third-order valence-electron chi connectivity index (χ3n) is 3.13. The highest BCUT2D eigenvalue weighted by Crippen LogP contribution is 2.35. The second-order valence-corrected chi connectivity index (χ2v) is 4.83. The largest absolute Gasteiger partial charge is 0.392 e. The Kier molecular flexibility index (Phi) is 2.61. The molecule has 3 rings (SSSR count). The van der Waals surface area contributed by atoms with Gasteiger partial charge in [0.2, 0.25) is 0 Å². The Bertz CT molecular complexity index is 704. The van der Waals surface area contributed by atoms with Crippen molar-refractivity contribution in [3.63, 3.8) is 0 Å². The van der Waals surface area contributed by atoms with E-state index in [-0.39, 0.29) is 6.61 Å². The summed E-state index contributed by atoms with van der Waals surface area (Å²) in [4.78, 5) is 0. The smallest absolute Gasteiger partial charge is 0.0699 e. The summed E-state index contributed by atoms with van der Waals surface area (Å²) in [5, 5.41) is 14.2. The van der Waals surface area contributed by atoms with Crippen LogP contribution in [-0.2, 0) is 6.61 Å². The van der Waals surface area contributed by atoms with Gasteiger partial charge in [0.05, 0.1) is 6.61 Å². The molecule has 0 radical (unpaired) electrons. The normalized spacial score (nSPS) is 11.2. The van der Waals surface area contributed by atoms with Gasteiger partial charge in [-0.1, -0.05) is 48.5 Å². The zero-order chi connectivity index (χ0) is 11.8. The van der Waals surface area contributed by atoms with Gasteiger partial charge in [-0.05, 0) is 37.5 Å². The van der Waals surface area contributed by atoms with Crippen molar-refractivity contribution in [3.8, 4) is 0 Å². The number of aliphatic hydroxyl groups excluding tert-OH is 1. The van der Waals surface area contributed by atoms with Crippen LogP contribution in [0.5, 0.6) is 0 Å². The minimum absolute atomic E-state index is 0.0476. The zero-order valence-electron chi connectivity index (χ0n) is 9.15. The lowest BCUT2D eigenvalue weighted by Crippen LogP contribution is -1.90. The molecule has 1 N–H and O–H groups in total. The van der Waals surface area contributed by atoms with Gasteiger partial charge in [-0.3, -0.25) is 0 Å². The predicted octanol–water partition coefficient (Wildman–Crippen LogP) is 4.25. The fourth-order valence-corrected chi connectivity index (χ4v) is 3.01. The summed E-state index contributed by atoms with van der Waals surface area (Å²) < 4.78 is 0.995. The molecule has 0 saturated heterocycles. The molecule has 0 fully saturated rings. The molecule has 0 aliphatic heterocycles. The van der Waals surface area contributed by atoms with Gasteiger partial charge in [-0.2, -0.15) is 0 Å². The molecule has 0 unspecified atom stereocenters. The van der Waals surface area contributed by atoms with E-state index in [4.69, 9.17) is 0 Å². The SMILES string of the molecule is OCc1c(Br)c2ccccc2c2ccccc12. The van der Waals surface area contributed by atoms with Crippen molar-refractivity contribution in [2.75, 3.05) is 0 Å². The number of hydrogen-bond acceptors (Lipinski definition) is 1.